The molecule has 0 saturated carbocycles. The van der Waals surface area contributed by atoms with Gasteiger partial charge in [-0.15, -0.1) is 0 Å². The Morgan fingerprint density at radius 2 is 1.39 bits per heavy atom. The first-order valence-corrected chi connectivity index (χ1v) is 14.9. The third kappa shape index (κ3) is 4.73. The molecule has 1 atom stereocenters. The van der Waals surface area contributed by atoms with Gasteiger partial charge < -0.3 is 0 Å². The van der Waals surface area contributed by atoms with Crippen LogP contribution in [-0.4, -0.2) is 18.6 Å². The molecule has 0 bridgehead atoms. The van der Waals surface area contributed by atoms with Gasteiger partial charge in [0.25, 0.3) is 10.0 Å². The van der Waals surface area contributed by atoms with Crippen LogP contribution in [0, 0.1) is 12.3 Å². The summed E-state index contributed by atoms with van der Waals surface area (Å²) >= 11 is 1.57. The number of hydrogen-bond donors (Lipinski definition) is 1. The van der Waals surface area contributed by atoms with Crippen LogP contribution >= 0.6 is 11.8 Å². The van der Waals surface area contributed by atoms with Gasteiger partial charge in [-0.05, 0) is 59.1 Å². The van der Waals surface area contributed by atoms with Crippen molar-refractivity contribution < 1.29 is 8.42 Å². The van der Waals surface area contributed by atoms with Crippen LogP contribution in [0.2, 0.25) is 0 Å². The largest absolute Gasteiger partial charge is 0.283 e. The summed E-state index contributed by atoms with van der Waals surface area (Å²) in [5.41, 5.74) is 6.29. The third-order valence-corrected chi connectivity index (χ3v) is 10.1. The molecule has 190 valence electrons. The van der Waals surface area contributed by atoms with Gasteiger partial charge >= 0.3 is 0 Å². The minimum atomic E-state index is -3.94. The Hall–Kier alpha value is -2.57. The van der Waals surface area contributed by atoms with Gasteiger partial charge in [-0.1, -0.05) is 107 Å². The molecule has 0 spiro atoms. The van der Waals surface area contributed by atoms with E-state index in [4.69, 9.17) is 5.41 Å². The Morgan fingerprint density at radius 3 is 1.92 bits per heavy atom. The average Bonchev–Trinajstić information content (AvgIpc) is 3.11. The summed E-state index contributed by atoms with van der Waals surface area (Å²) in [7, 11) is -3.94. The predicted octanol–water partition coefficient (Wildman–Crippen LogP) is 8.19. The maximum atomic E-state index is 14.0. The van der Waals surface area contributed by atoms with Crippen molar-refractivity contribution >= 4 is 27.6 Å². The van der Waals surface area contributed by atoms with Crippen molar-refractivity contribution in [3.63, 3.8) is 0 Å². The highest BCUT2D eigenvalue weighted by Crippen LogP contribution is 2.51. The summed E-state index contributed by atoms with van der Waals surface area (Å²) < 4.78 is 29.3. The molecule has 0 aliphatic carbocycles. The van der Waals surface area contributed by atoms with Gasteiger partial charge in [-0.2, -0.15) is 0 Å². The van der Waals surface area contributed by atoms with Crippen LogP contribution < -0.4 is 0 Å². The topological polar surface area (TPSA) is 61.2 Å². The van der Waals surface area contributed by atoms with Gasteiger partial charge in [0, 0.05) is 10.5 Å². The van der Waals surface area contributed by atoms with E-state index < -0.39 is 15.4 Å². The van der Waals surface area contributed by atoms with Crippen molar-refractivity contribution in [2.75, 3.05) is 0 Å². The number of sulfonamides is 1. The Balaban J connectivity index is 1.91. The molecule has 1 aliphatic heterocycles. The van der Waals surface area contributed by atoms with E-state index in [9.17, 15) is 8.42 Å². The monoisotopic (exact) mass is 520 g/mol. The summed E-state index contributed by atoms with van der Waals surface area (Å²) in [5, 5.41) is 8.38. The summed E-state index contributed by atoms with van der Waals surface area (Å²) in [5.74, 6) is 0.987. The first-order valence-electron chi connectivity index (χ1n) is 12.6. The van der Waals surface area contributed by atoms with Gasteiger partial charge in [0.1, 0.15) is 11.2 Å². The normalized spacial score (nSPS) is 15.9. The smallest absolute Gasteiger partial charge is 0.266 e. The van der Waals surface area contributed by atoms with Crippen molar-refractivity contribution in [2.45, 2.75) is 81.4 Å². The summed E-state index contributed by atoms with van der Waals surface area (Å²) in [6.45, 7) is 15.1. The van der Waals surface area contributed by atoms with Crippen molar-refractivity contribution in [1.29, 1.82) is 5.41 Å². The van der Waals surface area contributed by atoms with E-state index >= 15 is 0 Å². The molecular formula is C30H36N2O2S2. The van der Waals surface area contributed by atoms with Crippen LogP contribution in [0.1, 0.15) is 98.1 Å². The number of benzene rings is 3. The number of amidine groups is 1. The fourth-order valence-corrected chi connectivity index (χ4v) is 8.11. The van der Waals surface area contributed by atoms with Crippen LogP contribution in [0.4, 0.5) is 0 Å². The minimum Gasteiger partial charge on any atom is -0.283 e. The van der Waals surface area contributed by atoms with Crippen LogP contribution in [0.25, 0.3) is 0 Å². The van der Waals surface area contributed by atoms with Crippen LogP contribution in [-0.2, 0) is 10.0 Å². The second-order valence-corrected chi connectivity index (χ2v) is 13.4. The highest BCUT2D eigenvalue weighted by molar-refractivity contribution is 8.00. The first-order chi connectivity index (χ1) is 16.9. The number of nitrogens with one attached hydrogen (secondary N) is 1. The standard InChI is InChI=1S/C30H36N2O2S2/c1-18(2)22-16-26(19(3)4)28(27(17-22)20(5)6)35-30-25-11-9-8-10-24(25)29(31)32(30)36(33,34)23-14-12-21(7)13-15-23/h8-20,30-31H,1-7H3. The van der Waals surface area contributed by atoms with E-state index in [0.717, 1.165) is 16.0 Å². The lowest BCUT2D eigenvalue weighted by molar-refractivity contribution is 0.521. The molecule has 36 heavy (non-hydrogen) atoms. The molecule has 3 aromatic carbocycles. The van der Waals surface area contributed by atoms with Gasteiger partial charge in [0.15, 0.2) is 0 Å². The number of thioether (sulfide) groups is 1. The Labute approximate surface area is 220 Å². The molecule has 0 fully saturated rings. The van der Waals surface area contributed by atoms with Gasteiger partial charge in [-0.25, -0.2) is 12.7 Å². The molecule has 6 heteroatoms. The first kappa shape index (κ1) is 26.5. The van der Waals surface area contributed by atoms with Gasteiger partial charge in [0.2, 0.25) is 0 Å². The lowest BCUT2D eigenvalue weighted by atomic mass is 9.89. The fraction of sp³-hybridized carbons (Fsp3) is 0.367. The molecular weight excluding hydrogens is 484 g/mol. The lowest BCUT2D eigenvalue weighted by Gasteiger charge is -2.29. The van der Waals surface area contributed by atoms with E-state index in [1.54, 1.807) is 36.0 Å². The Bertz CT molecular complexity index is 1360. The lowest BCUT2D eigenvalue weighted by Crippen LogP contribution is -2.33. The Kier molecular flexibility index (Phi) is 7.40. The average molecular weight is 521 g/mol. The number of fused-ring (bicyclic) bond motifs is 1. The molecule has 1 unspecified atom stereocenters. The highest BCUT2D eigenvalue weighted by Gasteiger charge is 2.43. The number of hydrogen-bond acceptors (Lipinski definition) is 4. The molecule has 1 aliphatic rings. The summed E-state index contributed by atoms with van der Waals surface area (Å²) in [6, 6.07) is 19.1. The molecule has 1 heterocycles. The van der Waals surface area contributed by atoms with E-state index in [1.165, 1.54) is 21.0 Å². The van der Waals surface area contributed by atoms with Crippen molar-refractivity contribution in [3.8, 4) is 0 Å². The number of rotatable bonds is 7. The fourth-order valence-electron chi connectivity index (χ4n) is 4.61. The molecule has 1 N–H and O–H groups in total. The Morgan fingerprint density at radius 1 is 0.833 bits per heavy atom. The van der Waals surface area contributed by atoms with Crippen LogP contribution in [0.3, 0.4) is 0 Å². The van der Waals surface area contributed by atoms with Crippen molar-refractivity contribution in [3.05, 3.63) is 94.0 Å². The second kappa shape index (κ2) is 10.1. The van der Waals surface area contributed by atoms with Gasteiger partial charge in [-0.3, -0.25) is 5.41 Å². The van der Waals surface area contributed by atoms with E-state index in [2.05, 4.69) is 53.7 Å². The maximum absolute atomic E-state index is 14.0. The van der Waals surface area contributed by atoms with Gasteiger partial charge in [0.05, 0.1) is 4.90 Å². The quantitative estimate of drug-likeness (QED) is 0.342. The number of nitrogens with zero attached hydrogens (tertiary/aromatic N) is 1. The SMILES string of the molecule is Cc1ccc(S(=O)(=O)N2C(=N)c3ccccc3C2Sc2c(C(C)C)cc(C(C)C)cc2C(C)C)cc1. The van der Waals surface area contributed by atoms with Crippen LogP contribution in [0.15, 0.2) is 70.5 Å². The van der Waals surface area contributed by atoms with E-state index in [0.29, 0.717) is 11.5 Å². The molecule has 0 aromatic heterocycles. The molecule has 4 nitrogen and oxygen atoms in total. The predicted molar refractivity (Wildman–Crippen MR) is 151 cm³/mol. The molecule has 0 amide bonds. The third-order valence-electron chi connectivity index (χ3n) is 6.80. The number of aryl methyl sites for hydroxylation is 1. The maximum Gasteiger partial charge on any atom is 0.266 e. The minimum absolute atomic E-state index is 0.0275. The zero-order valence-corrected chi connectivity index (χ0v) is 23.8. The summed E-state index contributed by atoms with van der Waals surface area (Å²) in [4.78, 5) is 1.34. The van der Waals surface area contributed by atoms with Crippen molar-refractivity contribution in [2.24, 2.45) is 0 Å². The van der Waals surface area contributed by atoms with E-state index in [1.807, 2.05) is 31.2 Å². The second-order valence-electron chi connectivity index (χ2n) is 10.5. The van der Waals surface area contributed by atoms with E-state index in [-0.39, 0.29) is 22.6 Å². The zero-order valence-electron chi connectivity index (χ0n) is 22.2. The zero-order chi connectivity index (χ0) is 26.4. The molecule has 0 radical (unpaired) electrons. The molecule has 4 rings (SSSR count). The summed E-state index contributed by atoms with van der Waals surface area (Å²) in [6.07, 6.45) is 0. The molecule has 3 aromatic rings. The highest BCUT2D eigenvalue weighted by atomic mass is 32.2. The van der Waals surface area contributed by atoms with Crippen molar-refractivity contribution in [1.82, 2.24) is 4.31 Å². The van der Waals surface area contributed by atoms with Crippen LogP contribution in [0.5, 0.6) is 0 Å². The molecule has 0 saturated heterocycles.